The van der Waals surface area contributed by atoms with E-state index >= 15 is 0 Å². The largest absolute Gasteiger partial charge is 0.494 e. The molecule has 0 fully saturated rings. The first-order valence-electron chi connectivity index (χ1n) is 8.06. The number of ether oxygens (including phenoxy) is 1. The zero-order valence-corrected chi connectivity index (χ0v) is 15.5. The molecule has 0 radical (unpaired) electrons. The Balaban J connectivity index is 1.73. The molecular formula is C19H15N3O5S. The van der Waals surface area contributed by atoms with Crippen molar-refractivity contribution in [3.8, 4) is 5.75 Å². The summed E-state index contributed by atoms with van der Waals surface area (Å²) in [5.74, 6) is -0.297. The zero-order chi connectivity index (χ0) is 20.1. The van der Waals surface area contributed by atoms with E-state index in [0.717, 1.165) is 0 Å². The second kappa shape index (κ2) is 8.31. The molecule has 8 nitrogen and oxygen atoms in total. The number of nitro groups is 1. The fourth-order valence-electron chi connectivity index (χ4n) is 2.40. The fourth-order valence-corrected chi connectivity index (χ4v) is 3.02. The number of non-ortho nitro benzene ring substituents is 1. The van der Waals surface area contributed by atoms with Gasteiger partial charge in [-0.3, -0.25) is 19.7 Å². The molecule has 1 heterocycles. The third-order valence-electron chi connectivity index (χ3n) is 3.79. The Morgan fingerprint density at radius 2 is 1.79 bits per heavy atom. The minimum absolute atomic E-state index is 0.0935. The normalized spacial score (nSPS) is 10.2. The Morgan fingerprint density at radius 1 is 1.04 bits per heavy atom. The van der Waals surface area contributed by atoms with Crippen molar-refractivity contribution in [3.63, 3.8) is 0 Å². The number of thiophene rings is 1. The summed E-state index contributed by atoms with van der Waals surface area (Å²) in [5.41, 5.74) is 1.10. The van der Waals surface area contributed by atoms with Gasteiger partial charge in [0.25, 0.3) is 17.5 Å². The summed E-state index contributed by atoms with van der Waals surface area (Å²) in [4.78, 5) is 35.2. The summed E-state index contributed by atoms with van der Waals surface area (Å²) in [6.45, 7) is 0. The van der Waals surface area contributed by atoms with Crippen molar-refractivity contribution in [1.29, 1.82) is 0 Å². The van der Waals surface area contributed by atoms with Crippen LogP contribution in [0, 0.1) is 10.1 Å². The highest BCUT2D eigenvalue weighted by atomic mass is 32.1. The van der Waals surface area contributed by atoms with Gasteiger partial charge < -0.3 is 15.4 Å². The maximum Gasteiger partial charge on any atom is 0.269 e. The molecule has 2 amide bonds. The third-order valence-corrected chi connectivity index (χ3v) is 4.66. The average molecular weight is 397 g/mol. The van der Waals surface area contributed by atoms with Crippen LogP contribution in [0.3, 0.4) is 0 Å². The fraction of sp³-hybridized carbons (Fsp3) is 0.0526. The molecule has 1 aromatic heterocycles. The molecule has 3 aromatic rings. The number of nitrogens with one attached hydrogen (secondary N) is 2. The van der Waals surface area contributed by atoms with Gasteiger partial charge in [0.1, 0.15) is 5.75 Å². The van der Waals surface area contributed by atoms with E-state index in [9.17, 15) is 19.7 Å². The molecule has 0 atom stereocenters. The molecule has 0 spiro atoms. The van der Waals surface area contributed by atoms with Gasteiger partial charge in [0.15, 0.2) is 0 Å². The molecule has 9 heteroatoms. The second-order valence-electron chi connectivity index (χ2n) is 5.60. The van der Waals surface area contributed by atoms with E-state index < -0.39 is 10.8 Å². The first-order chi connectivity index (χ1) is 13.5. The number of anilines is 2. The van der Waals surface area contributed by atoms with Gasteiger partial charge in [-0.05, 0) is 35.7 Å². The van der Waals surface area contributed by atoms with E-state index in [1.807, 2.05) is 5.38 Å². The Kier molecular flexibility index (Phi) is 5.66. The van der Waals surface area contributed by atoms with E-state index in [4.69, 9.17) is 4.74 Å². The van der Waals surface area contributed by atoms with E-state index in [0.29, 0.717) is 22.0 Å². The third kappa shape index (κ3) is 4.33. The van der Waals surface area contributed by atoms with Gasteiger partial charge >= 0.3 is 0 Å². The smallest absolute Gasteiger partial charge is 0.269 e. The number of methoxy groups -OCH3 is 1. The molecule has 0 unspecified atom stereocenters. The van der Waals surface area contributed by atoms with Crippen molar-refractivity contribution < 1.29 is 19.2 Å². The summed E-state index contributed by atoms with van der Waals surface area (Å²) in [5, 5.41) is 18.0. The highest BCUT2D eigenvalue weighted by molar-refractivity contribution is 7.12. The van der Waals surface area contributed by atoms with Crippen molar-refractivity contribution >= 4 is 40.2 Å². The summed E-state index contributed by atoms with van der Waals surface area (Å²) < 4.78 is 5.30. The Hall–Kier alpha value is -3.72. The topological polar surface area (TPSA) is 111 Å². The number of hydrogen-bond donors (Lipinski definition) is 2. The molecule has 0 bridgehead atoms. The predicted molar refractivity (Wildman–Crippen MR) is 106 cm³/mol. The highest BCUT2D eigenvalue weighted by Gasteiger charge is 2.13. The number of nitro benzene ring substituents is 1. The van der Waals surface area contributed by atoms with Crippen molar-refractivity contribution in [3.05, 3.63) is 80.5 Å². The molecule has 0 aliphatic rings. The molecule has 2 N–H and O–H groups in total. The highest BCUT2D eigenvalue weighted by Crippen LogP contribution is 2.29. The summed E-state index contributed by atoms with van der Waals surface area (Å²) in [7, 11) is 1.46. The second-order valence-corrected chi connectivity index (χ2v) is 6.55. The van der Waals surface area contributed by atoms with Crippen molar-refractivity contribution in [2.24, 2.45) is 0 Å². The first kappa shape index (κ1) is 19.1. The Labute approximate surface area is 163 Å². The molecule has 0 aliphatic carbocycles. The van der Waals surface area contributed by atoms with Crippen LogP contribution >= 0.6 is 11.3 Å². The van der Waals surface area contributed by atoms with Crippen LogP contribution in [-0.4, -0.2) is 23.8 Å². The van der Waals surface area contributed by atoms with Gasteiger partial charge in [0.05, 0.1) is 22.6 Å². The van der Waals surface area contributed by atoms with Crippen molar-refractivity contribution in [2.75, 3.05) is 17.7 Å². The van der Waals surface area contributed by atoms with E-state index in [1.165, 1.54) is 42.7 Å². The van der Waals surface area contributed by atoms with E-state index in [2.05, 4.69) is 10.6 Å². The lowest BCUT2D eigenvalue weighted by Gasteiger charge is -2.12. The number of hydrogen-bond acceptors (Lipinski definition) is 6. The van der Waals surface area contributed by atoms with Gasteiger partial charge in [-0.25, -0.2) is 0 Å². The van der Waals surface area contributed by atoms with Crippen LogP contribution in [0.25, 0.3) is 0 Å². The van der Waals surface area contributed by atoms with Gasteiger partial charge in [-0.1, -0.05) is 6.07 Å². The summed E-state index contributed by atoms with van der Waals surface area (Å²) >= 11 is 1.32. The zero-order valence-electron chi connectivity index (χ0n) is 14.7. The maximum atomic E-state index is 12.3. The van der Waals surface area contributed by atoms with E-state index in [1.54, 1.807) is 30.3 Å². The van der Waals surface area contributed by atoms with Crippen LogP contribution in [0.2, 0.25) is 0 Å². The SMILES string of the molecule is COc1cc(NC(=O)c2ccc([N+](=O)[O-])cc2)ccc1NC(=O)c1cccs1. The molecule has 0 aliphatic heterocycles. The lowest BCUT2D eigenvalue weighted by molar-refractivity contribution is -0.384. The summed E-state index contributed by atoms with van der Waals surface area (Å²) in [6.07, 6.45) is 0. The van der Waals surface area contributed by atoms with Crippen molar-refractivity contribution in [2.45, 2.75) is 0 Å². The van der Waals surface area contributed by atoms with Gasteiger partial charge in [0.2, 0.25) is 0 Å². The standard InChI is InChI=1S/C19H15N3O5S/c1-27-16-11-13(6-9-15(16)21-19(24)17-3-2-10-28-17)20-18(23)12-4-7-14(8-5-12)22(25)26/h2-11H,1H3,(H,20,23)(H,21,24). The maximum absolute atomic E-state index is 12.3. The number of amides is 2. The van der Waals surface area contributed by atoms with Crippen molar-refractivity contribution in [1.82, 2.24) is 0 Å². The van der Waals surface area contributed by atoms with Gasteiger partial charge in [-0.15, -0.1) is 11.3 Å². The molecule has 28 heavy (non-hydrogen) atoms. The molecule has 142 valence electrons. The first-order valence-corrected chi connectivity index (χ1v) is 8.94. The van der Waals surface area contributed by atoms with Crippen LogP contribution < -0.4 is 15.4 Å². The van der Waals surface area contributed by atoms with Crippen LogP contribution in [0.1, 0.15) is 20.0 Å². The summed E-state index contributed by atoms with van der Waals surface area (Å²) in [6, 6.07) is 13.6. The van der Waals surface area contributed by atoms with Crippen LogP contribution in [0.5, 0.6) is 5.75 Å². The minimum atomic E-state index is -0.532. The van der Waals surface area contributed by atoms with Crippen LogP contribution in [-0.2, 0) is 0 Å². The van der Waals surface area contributed by atoms with Crippen LogP contribution in [0.4, 0.5) is 17.1 Å². The lowest BCUT2D eigenvalue weighted by atomic mass is 10.2. The molecule has 2 aromatic carbocycles. The molecule has 3 rings (SSSR count). The Morgan fingerprint density at radius 3 is 2.39 bits per heavy atom. The van der Waals surface area contributed by atoms with Gasteiger partial charge in [-0.2, -0.15) is 0 Å². The predicted octanol–water partition coefficient (Wildman–Crippen LogP) is 4.17. The quantitative estimate of drug-likeness (QED) is 0.479. The lowest BCUT2D eigenvalue weighted by Crippen LogP contribution is -2.13. The number of benzene rings is 2. The van der Waals surface area contributed by atoms with Crippen LogP contribution in [0.15, 0.2) is 60.0 Å². The average Bonchev–Trinajstić information content (AvgIpc) is 3.24. The number of carbonyl (C=O) groups excluding carboxylic acids is 2. The molecule has 0 saturated heterocycles. The monoisotopic (exact) mass is 397 g/mol. The minimum Gasteiger partial charge on any atom is -0.494 e. The van der Waals surface area contributed by atoms with Gasteiger partial charge in [0, 0.05) is 29.4 Å². The Bertz CT molecular complexity index is 1020. The molecular weight excluding hydrogens is 382 g/mol. The molecule has 0 saturated carbocycles. The number of rotatable bonds is 6. The van der Waals surface area contributed by atoms with E-state index in [-0.39, 0.29) is 17.2 Å². The number of nitrogens with zero attached hydrogens (tertiary/aromatic N) is 1. The number of carbonyl (C=O) groups is 2.